The van der Waals surface area contributed by atoms with Crippen LogP contribution >= 0.6 is 0 Å². The summed E-state index contributed by atoms with van der Waals surface area (Å²) in [6, 6.07) is 13.4. The zero-order valence-corrected chi connectivity index (χ0v) is 19.1. The van der Waals surface area contributed by atoms with Crippen LogP contribution in [-0.4, -0.2) is 33.5 Å². The number of carbonyl (C=O) groups is 1. The molecule has 2 aromatic rings. The van der Waals surface area contributed by atoms with E-state index in [1.165, 1.54) is 18.9 Å². The summed E-state index contributed by atoms with van der Waals surface area (Å²) in [6.45, 7) is 1.79. The fraction of sp³-hybridized carbons (Fsp3) is 0.458. The van der Waals surface area contributed by atoms with Gasteiger partial charge in [0, 0.05) is 6.04 Å². The lowest BCUT2D eigenvalue weighted by atomic mass is 10.0. The Balaban J connectivity index is 1.81. The van der Waals surface area contributed by atoms with Crippen LogP contribution in [0, 0.1) is 6.92 Å². The fourth-order valence-corrected chi connectivity index (χ4v) is 5.32. The molecule has 0 heterocycles. The maximum Gasteiger partial charge on any atom is 0.241 e. The van der Waals surface area contributed by atoms with Crippen molar-refractivity contribution in [3.63, 3.8) is 0 Å². The van der Waals surface area contributed by atoms with Gasteiger partial charge >= 0.3 is 0 Å². The molecule has 0 saturated heterocycles. The van der Waals surface area contributed by atoms with Gasteiger partial charge in [-0.2, -0.15) is 4.72 Å². The number of benzene rings is 2. The Morgan fingerprint density at radius 2 is 1.74 bits per heavy atom. The third-order valence-corrected chi connectivity index (χ3v) is 7.24. The minimum atomic E-state index is -3.89. The number of aryl methyl sites for hydroxylation is 1. The Bertz CT molecular complexity index is 968. The second-order valence-electron chi connectivity index (χ2n) is 8.19. The summed E-state index contributed by atoms with van der Waals surface area (Å²) in [4.78, 5) is 13.3. The first-order valence-electron chi connectivity index (χ1n) is 10.9. The topological polar surface area (TPSA) is 84.5 Å². The Morgan fingerprint density at radius 1 is 1.06 bits per heavy atom. The standard InChI is InChI=1S/C24H32N2O4S/c1-18-16-21(14-15-23(18)30-2)31(28,29)26-22(17-19-10-6-5-7-11-19)24(27)25-20-12-8-3-4-9-13-20/h5-7,10-11,14-16,20,22,26H,3-4,8-9,12-13,17H2,1-2H3,(H,25,27). The van der Waals surface area contributed by atoms with Crippen LogP contribution in [0.4, 0.5) is 0 Å². The van der Waals surface area contributed by atoms with Gasteiger partial charge in [0.05, 0.1) is 12.0 Å². The molecule has 1 amide bonds. The Kier molecular flexibility index (Phi) is 8.09. The molecule has 1 aliphatic rings. The van der Waals surface area contributed by atoms with E-state index in [1.54, 1.807) is 26.2 Å². The van der Waals surface area contributed by atoms with E-state index in [1.807, 2.05) is 30.3 Å². The molecule has 168 valence electrons. The van der Waals surface area contributed by atoms with Crippen LogP contribution in [0.1, 0.15) is 49.7 Å². The molecule has 0 spiro atoms. The molecule has 2 aromatic carbocycles. The first kappa shape index (κ1) is 23.3. The SMILES string of the molecule is COc1ccc(S(=O)(=O)NC(Cc2ccccc2)C(=O)NC2CCCCCC2)cc1C. The number of hydrogen-bond acceptors (Lipinski definition) is 4. The number of amides is 1. The van der Waals surface area contributed by atoms with E-state index in [-0.39, 0.29) is 23.3 Å². The Labute approximate surface area is 185 Å². The minimum Gasteiger partial charge on any atom is -0.496 e. The number of sulfonamides is 1. The highest BCUT2D eigenvalue weighted by molar-refractivity contribution is 7.89. The van der Waals surface area contributed by atoms with Crippen LogP contribution in [0.15, 0.2) is 53.4 Å². The van der Waals surface area contributed by atoms with E-state index in [4.69, 9.17) is 4.74 Å². The summed E-state index contributed by atoms with van der Waals surface area (Å²) in [5.74, 6) is 0.343. The largest absolute Gasteiger partial charge is 0.496 e. The molecule has 1 atom stereocenters. The van der Waals surface area contributed by atoms with Gasteiger partial charge in [-0.05, 0) is 55.5 Å². The first-order valence-corrected chi connectivity index (χ1v) is 12.4. The zero-order valence-electron chi connectivity index (χ0n) is 18.3. The predicted octanol–water partition coefficient (Wildman–Crippen LogP) is 3.73. The van der Waals surface area contributed by atoms with Crippen molar-refractivity contribution in [2.45, 2.75) is 68.8 Å². The maximum absolute atomic E-state index is 13.1. The molecular weight excluding hydrogens is 412 g/mol. The normalized spacial score (nSPS) is 16.3. The van der Waals surface area contributed by atoms with Gasteiger partial charge in [-0.3, -0.25) is 4.79 Å². The molecule has 3 rings (SSSR count). The van der Waals surface area contributed by atoms with Crippen molar-refractivity contribution in [1.29, 1.82) is 0 Å². The summed E-state index contributed by atoms with van der Waals surface area (Å²) in [5.41, 5.74) is 1.62. The van der Waals surface area contributed by atoms with E-state index in [2.05, 4.69) is 10.0 Å². The molecule has 31 heavy (non-hydrogen) atoms. The molecule has 7 heteroatoms. The predicted molar refractivity (Wildman–Crippen MR) is 122 cm³/mol. The average Bonchev–Trinajstić information content (AvgIpc) is 3.02. The highest BCUT2D eigenvalue weighted by Gasteiger charge is 2.28. The van der Waals surface area contributed by atoms with Gasteiger partial charge in [0.25, 0.3) is 0 Å². The summed E-state index contributed by atoms with van der Waals surface area (Å²) in [6.07, 6.45) is 6.71. The summed E-state index contributed by atoms with van der Waals surface area (Å²) >= 11 is 0. The first-order chi connectivity index (χ1) is 14.9. The van der Waals surface area contributed by atoms with Crippen molar-refractivity contribution in [2.75, 3.05) is 7.11 Å². The quantitative estimate of drug-likeness (QED) is 0.608. The molecule has 1 aliphatic carbocycles. The molecule has 2 N–H and O–H groups in total. The van der Waals surface area contributed by atoms with Gasteiger partial charge in [-0.25, -0.2) is 8.42 Å². The molecule has 1 unspecified atom stereocenters. The van der Waals surface area contributed by atoms with Crippen molar-refractivity contribution < 1.29 is 17.9 Å². The molecular formula is C24H32N2O4S. The van der Waals surface area contributed by atoms with Gasteiger partial charge in [0.2, 0.25) is 15.9 Å². The molecule has 1 fully saturated rings. The molecule has 6 nitrogen and oxygen atoms in total. The highest BCUT2D eigenvalue weighted by atomic mass is 32.2. The van der Waals surface area contributed by atoms with Gasteiger partial charge in [0.1, 0.15) is 11.8 Å². The molecule has 0 aliphatic heterocycles. The summed E-state index contributed by atoms with van der Waals surface area (Å²) in [5, 5.41) is 3.10. The average molecular weight is 445 g/mol. The molecule has 0 bridgehead atoms. The van der Waals surface area contributed by atoms with Crippen molar-refractivity contribution >= 4 is 15.9 Å². The number of carbonyl (C=O) groups excluding carboxylic acids is 1. The summed E-state index contributed by atoms with van der Waals surface area (Å²) < 4.78 is 34.1. The van der Waals surface area contributed by atoms with Crippen LogP contribution in [0.2, 0.25) is 0 Å². The Morgan fingerprint density at radius 3 is 2.35 bits per heavy atom. The third kappa shape index (κ3) is 6.55. The number of nitrogens with one attached hydrogen (secondary N) is 2. The third-order valence-electron chi connectivity index (χ3n) is 5.77. The number of ether oxygens (including phenoxy) is 1. The van der Waals surface area contributed by atoms with Crippen LogP contribution in [0.3, 0.4) is 0 Å². The van der Waals surface area contributed by atoms with E-state index in [0.29, 0.717) is 11.3 Å². The van der Waals surface area contributed by atoms with E-state index in [9.17, 15) is 13.2 Å². The van der Waals surface area contributed by atoms with E-state index in [0.717, 1.165) is 31.2 Å². The monoisotopic (exact) mass is 444 g/mol. The van der Waals surface area contributed by atoms with Crippen molar-refractivity contribution in [3.05, 3.63) is 59.7 Å². The number of rotatable bonds is 8. The molecule has 1 saturated carbocycles. The number of methoxy groups -OCH3 is 1. The second-order valence-corrected chi connectivity index (χ2v) is 9.91. The molecule has 0 aromatic heterocycles. The smallest absolute Gasteiger partial charge is 0.241 e. The van der Waals surface area contributed by atoms with Crippen LogP contribution < -0.4 is 14.8 Å². The number of hydrogen-bond donors (Lipinski definition) is 2. The van der Waals surface area contributed by atoms with Gasteiger partial charge in [0.15, 0.2) is 0 Å². The zero-order chi connectivity index (χ0) is 22.3. The van der Waals surface area contributed by atoms with Crippen LogP contribution in [-0.2, 0) is 21.2 Å². The maximum atomic E-state index is 13.1. The van der Waals surface area contributed by atoms with Crippen LogP contribution in [0.25, 0.3) is 0 Å². The lowest BCUT2D eigenvalue weighted by molar-refractivity contribution is -0.123. The minimum absolute atomic E-state index is 0.0982. The molecule has 0 radical (unpaired) electrons. The van der Waals surface area contributed by atoms with Crippen LogP contribution in [0.5, 0.6) is 5.75 Å². The highest BCUT2D eigenvalue weighted by Crippen LogP contribution is 2.22. The summed E-state index contributed by atoms with van der Waals surface area (Å²) in [7, 11) is -2.34. The van der Waals surface area contributed by atoms with Crippen molar-refractivity contribution in [1.82, 2.24) is 10.0 Å². The van der Waals surface area contributed by atoms with E-state index >= 15 is 0 Å². The van der Waals surface area contributed by atoms with E-state index < -0.39 is 16.1 Å². The Hall–Kier alpha value is -2.38. The van der Waals surface area contributed by atoms with Crippen molar-refractivity contribution in [2.24, 2.45) is 0 Å². The van der Waals surface area contributed by atoms with Gasteiger partial charge in [-0.1, -0.05) is 56.0 Å². The lowest BCUT2D eigenvalue weighted by Gasteiger charge is -2.23. The van der Waals surface area contributed by atoms with Gasteiger partial charge < -0.3 is 10.1 Å². The van der Waals surface area contributed by atoms with Gasteiger partial charge in [-0.15, -0.1) is 0 Å². The van der Waals surface area contributed by atoms with Crippen molar-refractivity contribution in [3.8, 4) is 5.75 Å². The fourth-order valence-electron chi connectivity index (χ4n) is 4.04. The second kappa shape index (κ2) is 10.8. The lowest BCUT2D eigenvalue weighted by Crippen LogP contribution is -2.50.